The number of aryl methyl sites for hydroxylation is 2. The number of aliphatic carboxylic acids is 1. The molecule has 0 unspecified atom stereocenters. The average Bonchev–Trinajstić information content (AvgIpc) is 3.87. The topological polar surface area (TPSA) is 110 Å². The zero-order chi connectivity index (χ0) is 36.9. The fraction of sp³-hybridized carbons (Fsp3) is 0.450. The SMILES string of the molecule is CCn1nc(C2CCN([C@@H]3CCN(C(=O)OC)C3)CC2)c2cc(-c3nc4cc(C)c([C@H](OC(C)(C)C)C(=O)O)c(-c5ccc(Cl)cc5)c4s3)ccc21. The maximum Gasteiger partial charge on any atom is 0.409 e. The zero-order valence-electron chi connectivity index (χ0n) is 30.6. The van der Waals surface area contributed by atoms with Crippen LogP contribution >= 0.6 is 22.9 Å². The number of amides is 1. The van der Waals surface area contributed by atoms with Crippen molar-refractivity contribution in [2.24, 2.45) is 0 Å². The number of benzene rings is 3. The Bertz CT molecular complexity index is 2130. The van der Waals surface area contributed by atoms with Crippen molar-refractivity contribution in [2.75, 3.05) is 33.3 Å². The molecule has 0 spiro atoms. The van der Waals surface area contributed by atoms with Gasteiger partial charge in [-0.15, -0.1) is 11.3 Å². The maximum atomic E-state index is 12.8. The van der Waals surface area contributed by atoms with Crippen molar-refractivity contribution in [3.05, 3.63) is 70.4 Å². The predicted octanol–water partition coefficient (Wildman–Crippen LogP) is 8.92. The van der Waals surface area contributed by atoms with Crippen molar-refractivity contribution in [3.63, 3.8) is 0 Å². The highest BCUT2D eigenvalue weighted by atomic mass is 35.5. The van der Waals surface area contributed by atoms with Gasteiger partial charge in [-0.2, -0.15) is 5.10 Å². The highest BCUT2D eigenvalue weighted by Crippen LogP contribution is 2.45. The first kappa shape index (κ1) is 36.3. The Hall–Kier alpha value is -4.03. The summed E-state index contributed by atoms with van der Waals surface area (Å²) in [6.45, 7) is 13.8. The Morgan fingerprint density at radius 1 is 1.04 bits per heavy atom. The molecule has 2 aliphatic heterocycles. The van der Waals surface area contributed by atoms with Crippen LogP contribution in [0.5, 0.6) is 0 Å². The zero-order valence-corrected chi connectivity index (χ0v) is 32.2. The second-order valence-corrected chi connectivity index (χ2v) is 16.3. The number of carboxylic acid groups (broad SMARTS) is 1. The Labute approximate surface area is 313 Å². The predicted molar refractivity (Wildman–Crippen MR) is 206 cm³/mol. The van der Waals surface area contributed by atoms with Crippen LogP contribution < -0.4 is 0 Å². The summed E-state index contributed by atoms with van der Waals surface area (Å²) in [5.41, 5.74) is 6.44. The smallest absolute Gasteiger partial charge is 0.409 e. The molecule has 2 aliphatic rings. The van der Waals surface area contributed by atoms with E-state index in [-0.39, 0.29) is 6.09 Å². The van der Waals surface area contributed by atoms with E-state index in [1.807, 2.05) is 58.0 Å². The molecule has 10 nitrogen and oxygen atoms in total. The normalized spacial score (nSPS) is 18.1. The van der Waals surface area contributed by atoms with E-state index in [9.17, 15) is 14.7 Å². The summed E-state index contributed by atoms with van der Waals surface area (Å²) in [6, 6.07) is 16.4. The summed E-state index contributed by atoms with van der Waals surface area (Å²) in [6.07, 6.45) is 1.56. The highest BCUT2D eigenvalue weighted by Gasteiger charge is 2.35. The molecule has 1 N–H and O–H groups in total. The lowest BCUT2D eigenvalue weighted by molar-refractivity contribution is -0.160. The molecule has 5 aromatic rings. The number of fused-ring (bicyclic) bond motifs is 2. The molecule has 7 rings (SSSR count). The van der Waals surface area contributed by atoms with Gasteiger partial charge in [0.1, 0.15) is 5.01 Å². The number of piperidine rings is 1. The fourth-order valence-corrected chi connectivity index (χ4v) is 9.16. The lowest BCUT2D eigenvalue weighted by Crippen LogP contribution is -2.43. The molecule has 0 bridgehead atoms. The van der Waals surface area contributed by atoms with Gasteiger partial charge >= 0.3 is 12.1 Å². The van der Waals surface area contributed by atoms with Gasteiger partial charge in [0.2, 0.25) is 0 Å². The third-order valence-electron chi connectivity index (χ3n) is 10.4. The van der Waals surface area contributed by atoms with E-state index < -0.39 is 17.7 Å². The van der Waals surface area contributed by atoms with Gasteiger partial charge in [0, 0.05) is 58.7 Å². The third kappa shape index (κ3) is 7.03. The monoisotopic (exact) mass is 743 g/mol. The van der Waals surface area contributed by atoms with Gasteiger partial charge in [0.25, 0.3) is 0 Å². The van der Waals surface area contributed by atoms with Crippen LogP contribution in [0.25, 0.3) is 42.8 Å². The van der Waals surface area contributed by atoms with Gasteiger partial charge in [-0.1, -0.05) is 23.7 Å². The summed E-state index contributed by atoms with van der Waals surface area (Å²) in [5.74, 6) is -0.715. The summed E-state index contributed by atoms with van der Waals surface area (Å²) in [7, 11) is 1.44. The number of ether oxygens (including phenoxy) is 2. The van der Waals surface area contributed by atoms with Gasteiger partial charge in [0.05, 0.1) is 34.1 Å². The molecule has 2 aromatic heterocycles. The number of carbonyl (C=O) groups is 2. The summed E-state index contributed by atoms with van der Waals surface area (Å²) >= 11 is 7.87. The number of likely N-dealkylation sites (tertiary alicyclic amines) is 2. The lowest BCUT2D eigenvalue weighted by atomic mass is 9.90. The first-order chi connectivity index (χ1) is 24.8. The molecular weight excluding hydrogens is 698 g/mol. The van der Waals surface area contributed by atoms with Gasteiger partial charge in [0.15, 0.2) is 6.10 Å². The molecular formula is C40H46ClN5O5S. The van der Waals surface area contributed by atoms with E-state index in [1.54, 1.807) is 16.2 Å². The quantitative estimate of drug-likeness (QED) is 0.168. The molecule has 52 heavy (non-hydrogen) atoms. The van der Waals surface area contributed by atoms with Crippen molar-refractivity contribution in [3.8, 4) is 21.7 Å². The summed E-state index contributed by atoms with van der Waals surface area (Å²) in [5, 5.41) is 18.2. The Morgan fingerprint density at radius 3 is 2.40 bits per heavy atom. The number of halogens is 1. The number of thiazole rings is 1. The van der Waals surface area contributed by atoms with Crippen LogP contribution in [-0.4, -0.2) is 86.7 Å². The largest absolute Gasteiger partial charge is 0.479 e. The number of aromatic nitrogens is 3. The highest BCUT2D eigenvalue weighted by molar-refractivity contribution is 7.22. The maximum absolute atomic E-state index is 12.8. The minimum Gasteiger partial charge on any atom is -0.479 e. The number of rotatable bonds is 8. The van der Waals surface area contributed by atoms with Crippen LogP contribution in [0, 0.1) is 6.92 Å². The number of nitrogens with zero attached hydrogens (tertiary/aromatic N) is 5. The molecule has 274 valence electrons. The average molecular weight is 744 g/mol. The molecule has 2 atom stereocenters. The van der Waals surface area contributed by atoms with E-state index >= 15 is 0 Å². The van der Waals surface area contributed by atoms with Crippen LogP contribution in [-0.2, 0) is 20.8 Å². The van der Waals surface area contributed by atoms with Crippen LogP contribution in [0.15, 0.2) is 48.5 Å². The van der Waals surface area contributed by atoms with Gasteiger partial charge in [-0.3, -0.25) is 9.58 Å². The number of carbonyl (C=O) groups excluding carboxylic acids is 1. The second kappa shape index (κ2) is 14.4. The molecule has 3 aromatic carbocycles. The molecule has 12 heteroatoms. The van der Waals surface area contributed by atoms with E-state index in [1.165, 1.54) is 7.11 Å². The van der Waals surface area contributed by atoms with Crippen LogP contribution in [0.3, 0.4) is 0 Å². The van der Waals surface area contributed by atoms with Crippen molar-refractivity contribution < 1.29 is 24.2 Å². The Balaban J connectivity index is 1.26. The van der Waals surface area contributed by atoms with Crippen molar-refractivity contribution in [1.29, 1.82) is 0 Å². The molecule has 2 fully saturated rings. The molecule has 2 saturated heterocycles. The Morgan fingerprint density at radius 2 is 1.75 bits per heavy atom. The molecule has 4 heterocycles. The molecule has 1 amide bonds. The van der Waals surface area contributed by atoms with E-state index in [4.69, 9.17) is 31.2 Å². The van der Waals surface area contributed by atoms with E-state index in [0.29, 0.717) is 22.5 Å². The van der Waals surface area contributed by atoms with Gasteiger partial charge in [-0.25, -0.2) is 14.6 Å². The molecule has 0 radical (unpaired) electrons. The van der Waals surface area contributed by atoms with Crippen LogP contribution in [0.4, 0.5) is 4.79 Å². The van der Waals surface area contributed by atoms with Crippen LogP contribution in [0.1, 0.15) is 75.8 Å². The second-order valence-electron chi connectivity index (χ2n) is 14.9. The number of carboxylic acids is 1. The van der Waals surface area contributed by atoms with E-state index in [0.717, 1.165) is 106 Å². The summed E-state index contributed by atoms with van der Waals surface area (Å²) in [4.78, 5) is 34.4. The van der Waals surface area contributed by atoms with Crippen molar-refractivity contribution in [2.45, 2.75) is 84.1 Å². The van der Waals surface area contributed by atoms with Crippen molar-refractivity contribution in [1.82, 2.24) is 24.6 Å². The number of methoxy groups -OCH3 is 1. The molecule has 0 saturated carbocycles. The lowest BCUT2D eigenvalue weighted by Gasteiger charge is -2.35. The minimum atomic E-state index is -1.17. The molecule has 0 aliphatic carbocycles. The standard InChI is InChI=1S/C40H46ClN5O5S/c1-7-46-31-13-10-26(21-29(31)34(43-46)25-14-17-44(18-15-25)28-16-19-45(22-28)39(49)50-6)37-42-30-20-23(2)32(35(38(47)48)51-40(3,4)5)33(36(30)52-37)24-8-11-27(41)12-9-24/h8-13,20-21,25,28,35H,7,14-19,22H2,1-6H3,(H,47,48)/t28-,35+/m1/s1. The third-order valence-corrected chi connectivity index (χ3v) is 11.8. The fourth-order valence-electron chi connectivity index (χ4n) is 7.91. The minimum absolute atomic E-state index is 0.242. The van der Waals surface area contributed by atoms with Crippen molar-refractivity contribution >= 4 is 56.1 Å². The van der Waals surface area contributed by atoms with E-state index in [2.05, 4.69) is 34.7 Å². The van der Waals surface area contributed by atoms with Gasteiger partial charge in [-0.05, 0) is 114 Å². The first-order valence-electron chi connectivity index (χ1n) is 18.0. The first-order valence-corrected chi connectivity index (χ1v) is 19.2. The summed E-state index contributed by atoms with van der Waals surface area (Å²) < 4.78 is 14.2. The van der Waals surface area contributed by atoms with Gasteiger partial charge < -0.3 is 19.5 Å². The Kier molecular flexibility index (Phi) is 10.1. The number of hydrogen-bond acceptors (Lipinski definition) is 8. The van der Waals surface area contributed by atoms with Crippen LogP contribution in [0.2, 0.25) is 5.02 Å². The number of hydrogen-bond donors (Lipinski definition) is 1.